The summed E-state index contributed by atoms with van der Waals surface area (Å²) in [5, 5.41) is 3.51. The molecule has 1 atom stereocenters. The first-order chi connectivity index (χ1) is 6.63. The second-order valence-corrected chi connectivity index (χ2v) is 6.77. The van der Waals surface area contributed by atoms with Gasteiger partial charge in [-0.3, -0.25) is 0 Å². The minimum Gasteiger partial charge on any atom is -0.309 e. The van der Waals surface area contributed by atoms with Gasteiger partial charge in [0.25, 0.3) is 0 Å². The third kappa shape index (κ3) is 3.93. The molecule has 4 heteroatoms. The van der Waals surface area contributed by atoms with Crippen LogP contribution in [0.25, 0.3) is 0 Å². The Balaban J connectivity index is 2.38. The molecule has 0 radical (unpaired) electrons. The zero-order valence-corrected chi connectivity index (χ0v) is 12.0. The molecular formula is C10H16BrNS2. The van der Waals surface area contributed by atoms with Gasteiger partial charge in [0, 0.05) is 23.2 Å². The summed E-state index contributed by atoms with van der Waals surface area (Å²) in [5.74, 6) is 1.17. The lowest BCUT2D eigenvalue weighted by Gasteiger charge is -2.10. The van der Waals surface area contributed by atoms with Crippen LogP contribution in [0.5, 0.6) is 0 Å². The highest BCUT2D eigenvalue weighted by atomic mass is 79.9. The molecule has 0 aliphatic carbocycles. The van der Waals surface area contributed by atoms with E-state index in [4.69, 9.17) is 0 Å². The number of thioether (sulfide) groups is 1. The topological polar surface area (TPSA) is 12.0 Å². The number of hydrogen-bond acceptors (Lipinski definition) is 3. The largest absolute Gasteiger partial charge is 0.309 e. The first kappa shape index (κ1) is 12.6. The average molecular weight is 294 g/mol. The molecule has 0 fully saturated rings. The summed E-state index contributed by atoms with van der Waals surface area (Å²) < 4.78 is 1.26. The summed E-state index contributed by atoms with van der Waals surface area (Å²) in [5.41, 5.74) is 1.34. The fraction of sp³-hybridized carbons (Fsp3) is 0.600. The minimum atomic E-state index is 0.589. The van der Waals surface area contributed by atoms with Crippen LogP contribution in [0.2, 0.25) is 0 Å². The zero-order valence-electron chi connectivity index (χ0n) is 8.76. The average Bonchev–Trinajstić information content (AvgIpc) is 2.44. The minimum absolute atomic E-state index is 0.589. The van der Waals surface area contributed by atoms with Crippen molar-refractivity contribution in [3.8, 4) is 0 Å². The van der Waals surface area contributed by atoms with Crippen LogP contribution in [0, 0.1) is 6.92 Å². The molecule has 0 saturated carbocycles. The number of halogens is 1. The van der Waals surface area contributed by atoms with Gasteiger partial charge >= 0.3 is 0 Å². The third-order valence-corrected chi connectivity index (χ3v) is 4.92. The van der Waals surface area contributed by atoms with Gasteiger partial charge < -0.3 is 5.32 Å². The van der Waals surface area contributed by atoms with E-state index in [0.29, 0.717) is 6.04 Å². The van der Waals surface area contributed by atoms with Crippen LogP contribution < -0.4 is 5.32 Å². The van der Waals surface area contributed by atoms with Gasteiger partial charge in [-0.25, -0.2) is 0 Å². The quantitative estimate of drug-likeness (QED) is 0.889. The lowest BCUT2D eigenvalue weighted by molar-refractivity contribution is 0.600. The van der Waals surface area contributed by atoms with Crippen molar-refractivity contribution in [2.24, 2.45) is 0 Å². The molecule has 80 valence electrons. The predicted molar refractivity (Wildman–Crippen MR) is 71.4 cm³/mol. The van der Waals surface area contributed by atoms with Crippen LogP contribution in [-0.2, 0) is 6.54 Å². The second kappa shape index (κ2) is 6.16. The van der Waals surface area contributed by atoms with Crippen molar-refractivity contribution in [1.29, 1.82) is 0 Å². The lowest BCUT2D eigenvalue weighted by Crippen LogP contribution is -2.27. The maximum absolute atomic E-state index is 3.54. The Morgan fingerprint density at radius 3 is 2.86 bits per heavy atom. The Kier molecular flexibility index (Phi) is 5.52. The number of nitrogens with one attached hydrogen (secondary N) is 1. The second-order valence-electron chi connectivity index (χ2n) is 3.41. The fourth-order valence-corrected chi connectivity index (χ4v) is 3.39. The van der Waals surface area contributed by atoms with Crippen molar-refractivity contribution in [2.75, 3.05) is 12.0 Å². The Hall–Kier alpha value is 0.490. The van der Waals surface area contributed by atoms with E-state index < -0.39 is 0 Å². The molecule has 14 heavy (non-hydrogen) atoms. The van der Waals surface area contributed by atoms with E-state index in [1.165, 1.54) is 20.0 Å². The third-order valence-electron chi connectivity index (χ3n) is 1.95. The van der Waals surface area contributed by atoms with Gasteiger partial charge in [0.2, 0.25) is 0 Å². The van der Waals surface area contributed by atoms with Crippen LogP contribution >= 0.6 is 39.0 Å². The van der Waals surface area contributed by atoms with Crippen molar-refractivity contribution in [1.82, 2.24) is 5.32 Å². The highest BCUT2D eigenvalue weighted by Gasteiger charge is 2.04. The monoisotopic (exact) mass is 293 g/mol. The fourth-order valence-electron chi connectivity index (χ4n) is 1.19. The molecular weight excluding hydrogens is 278 g/mol. The molecule has 0 amide bonds. The molecule has 0 spiro atoms. The summed E-state index contributed by atoms with van der Waals surface area (Å²) in [6.07, 6.45) is 2.14. The Bertz CT molecular complexity index is 266. The summed E-state index contributed by atoms with van der Waals surface area (Å²) in [6.45, 7) is 5.35. The molecule has 1 aromatic rings. The molecule has 1 heterocycles. The summed E-state index contributed by atoms with van der Waals surface area (Å²) in [7, 11) is 0. The molecule has 1 N–H and O–H groups in total. The standard InChI is InChI=1S/C10H16BrNS2/c1-7-4-9(14-10(7)11)5-12-8(2)6-13-3/h4,8,12H,5-6H2,1-3H3. The van der Waals surface area contributed by atoms with Gasteiger partial charge in [-0.05, 0) is 47.7 Å². The Morgan fingerprint density at radius 2 is 2.36 bits per heavy atom. The molecule has 1 unspecified atom stereocenters. The molecule has 1 nitrogen and oxygen atoms in total. The highest BCUT2D eigenvalue weighted by molar-refractivity contribution is 9.11. The predicted octanol–water partition coefficient (Wildman–Crippen LogP) is 3.66. The first-order valence-electron chi connectivity index (χ1n) is 4.60. The maximum atomic E-state index is 3.54. The van der Waals surface area contributed by atoms with E-state index in [-0.39, 0.29) is 0 Å². The molecule has 0 saturated heterocycles. The molecule has 0 aromatic carbocycles. The van der Waals surface area contributed by atoms with E-state index >= 15 is 0 Å². The van der Waals surface area contributed by atoms with E-state index in [1.807, 2.05) is 23.1 Å². The van der Waals surface area contributed by atoms with Gasteiger partial charge in [0.05, 0.1) is 3.79 Å². The first-order valence-corrected chi connectivity index (χ1v) is 7.61. The van der Waals surface area contributed by atoms with Gasteiger partial charge in [0.1, 0.15) is 0 Å². The van der Waals surface area contributed by atoms with Crippen LogP contribution in [0.15, 0.2) is 9.85 Å². The molecule has 0 aliphatic heterocycles. The number of aryl methyl sites for hydroxylation is 1. The van der Waals surface area contributed by atoms with E-state index in [1.54, 1.807) is 0 Å². The Labute approximate surface area is 103 Å². The van der Waals surface area contributed by atoms with Crippen molar-refractivity contribution in [2.45, 2.75) is 26.4 Å². The van der Waals surface area contributed by atoms with Gasteiger partial charge in [0.15, 0.2) is 0 Å². The summed E-state index contributed by atoms with van der Waals surface area (Å²) >= 11 is 7.25. The van der Waals surface area contributed by atoms with Crippen molar-refractivity contribution >= 4 is 39.0 Å². The van der Waals surface area contributed by atoms with Gasteiger partial charge in [-0.2, -0.15) is 11.8 Å². The van der Waals surface area contributed by atoms with Crippen molar-refractivity contribution in [3.05, 3.63) is 20.3 Å². The van der Waals surface area contributed by atoms with E-state index in [2.05, 4.69) is 47.4 Å². The number of hydrogen-bond donors (Lipinski definition) is 1. The highest BCUT2D eigenvalue weighted by Crippen LogP contribution is 2.27. The molecule has 1 rings (SSSR count). The SMILES string of the molecule is CSCC(C)NCc1cc(C)c(Br)s1. The van der Waals surface area contributed by atoms with E-state index in [0.717, 1.165) is 6.54 Å². The molecule has 0 bridgehead atoms. The zero-order chi connectivity index (χ0) is 10.6. The molecule has 1 aromatic heterocycles. The smallest absolute Gasteiger partial charge is 0.0730 e. The maximum Gasteiger partial charge on any atom is 0.0730 e. The summed E-state index contributed by atoms with van der Waals surface area (Å²) in [4.78, 5) is 1.40. The van der Waals surface area contributed by atoms with Crippen LogP contribution in [0.1, 0.15) is 17.4 Å². The Morgan fingerprint density at radius 1 is 1.64 bits per heavy atom. The van der Waals surface area contributed by atoms with Crippen LogP contribution in [0.3, 0.4) is 0 Å². The molecule has 0 aliphatic rings. The van der Waals surface area contributed by atoms with Crippen molar-refractivity contribution in [3.63, 3.8) is 0 Å². The summed E-state index contributed by atoms with van der Waals surface area (Å²) in [6, 6.07) is 2.83. The lowest BCUT2D eigenvalue weighted by atomic mass is 10.3. The number of rotatable bonds is 5. The van der Waals surface area contributed by atoms with Crippen molar-refractivity contribution < 1.29 is 0 Å². The van der Waals surface area contributed by atoms with Crippen LogP contribution in [0.4, 0.5) is 0 Å². The van der Waals surface area contributed by atoms with Gasteiger partial charge in [-0.1, -0.05) is 0 Å². The normalized spacial score (nSPS) is 13.1. The van der Waals surface area contributed by atoms with Crippen LogP contribution in [-0.4, -0.2) is 18.1 Å². The van der Waals surface area contributed by atoms with E-state index in [9.17, 15) is 0 Å². The van der Waals surface area contributed by atoms with Gasteiger partial charge in [-0.15, -0.1) is 11.3 Å². The number of thiophene rings is 1.